The number of rotatable bonds is 4. The van der Waals surface area contributed by atoms with Gasteiger partial charge in [0.05, 0.1) is 29.6 Å². The molecule has 0 saturated heterocycles. The predicted molar refractivity (Wildman–Crippen MR) is 61.5 cm³/mol. The van der Waals surface area contributed by atoms with Crippen LogP contribution in [0.3, 0.4) is 0 Å². The van der Waals surface area contributed by atoms with E-state index >= 15 is 0 Å². The Morgan fingerprint density at radius 3 is 3.00 bits per heavy atom. The summed E-state index contributed by atoms with van der Waals surface area (Å²) in [5.74, 6) is 0.469. The molecule has 0 aliphatic heterocycles. The first-order valence-corrected chi connectivity index (χ1v) is 4.99. The van der Waals surface area contributed by atoms with E-state index in [1.807, 2.05) is 0 Å². The molecule has 2 N–H and O–H groups in total. The van der Waals surface area contributed by atoms with E-state index < -0.39 is 4.92 Å². The van der Waals surface area contributed by atoms with Gasteiger partial charge in [0.25, 0.3) is 5.69 Å². The molecule has 0 bridgehead atoms. The van der Waals surface area contributed by atoms with Crippen LogP contribution >= 0.6 is 0 Å². The van der Waals surface area contributed by atoms with Gasteiger partial charge in [-0.15, -0.1) is 0 Å². The number of nitro groups is 1. The summed E-state index contributed by atoms with van der Waals surface area (Å²) in [6.45, 7) is 2.15. The summed E-state index contributed by atoms with van der Waals surface area (Å²) < 4.78 is 0. The Morgan fingerprint density at radius 2 is 2.35 bits per heavy atom. The van der Waals surface area contributed by atoms with Crippen LogP contribution in [0.5, 0.6) is 0 Å². The first-order valence-electron chi connectivity index (χ1n) is 4.99. The zero-order chi connectivity index (χ0) is 12.3. The molecule has 0 fully saturated rings. The molecule has 0 spiro atoms. The zero-order valence-electron chi connectivity index (χ0n) is 9.17. The molecule has 7 heteroatoms. The number of aromatic nitrogens is 3. The summed E-state index contributed by atoms with van der Waals surface area (Å²) >= 11 is 0. The van der Waals surface area contributed by atoms with E-state index in [-0.39, 0.29) is 5.69 Å². The normalized spacial score (nSPS) is 10.2. The minimum absolute atomic E-state index is 0.0621. The zero-order valence-corrected chi connectivity index (χ0v) is 9.17. The third-order valence-corrected chi connectivity index (χ3v) is 2.29. The Balaban J connectivity index is 2.11. The second kappa shape index (κ2) is 4.60. The van der Waals surface area contributed by atoms with E-state index in [2.05, 4.69) is 20.3 Å². The number of hydrogen-bond donors (Lipinski definition) is 2. The number of aryl methyl sites for hydroxylation is 1. The Hall–Kier alpha value is -2.44. The second-order valence-corrected chi connectivity index (χ2v) is 3.54. The number of H-pyrrole nitrogens is 1. The smallest absolute Gasteiger partial charge is 0.277 e. The maximum Gasteiger partial charge on any atom is 0.277 e. The lowest BCUT2D eigenvalue weighted by molar-refractivity contribution is -0.385. The highest BCUT2D eigenvalue weighted by molar-refractivity contribution is 5.48. The van der Waals surface area contributed by atoms with Crippen LogP contribution in [0.4, 0.5) is 11.5 Å². The number of imidazole rings is 1. The van der Waals surface area contributed by atoms with Crippen molar-refractivity contribution in [3.05, 3.63) is 46.2 Å². The molecule has 2 heterocycles. The Kier molecular flexibility index (Phi) is 2.99. The fourth-order valence-electron chi connectivity index (χ4n) is 1.37. The molecule has 2 aromatic heterocycles. The van der Waals surface area contributed by atoms with Crippen LogP contribution in [0.1, 0.15) is 11.3 Å². The molecule has 2 rings (SSSR count). The highest BCUT2D eigenvalue weighted by Gasteiger charge is 2.11. The fraction of sp³-hybridized carbons (Fsp3) is 0.200. The van der Waals surface area contributed by atoms with Crippen LogP contribution < -0.4 is 5.32 Å². The van der Waals surface area contributed by atoms with E-state index in [0.717, 1.165) is 5.69 Å². The van der Waals surface area contributed by atoms with Gasteiger partial charge in [-0.1, -0.05) is 0 Å². The average molecular weight is 233 g/mol. The first kappa shape index (κ1) is 11.1. The van der Waals surface area contributed by atoms with Crippen molar-refractivity contribution in [1.29, 1.82) is 0 Å². The van der Waals surface area contributed by atoms with Gasteiger partial charge in [0.2, 0.25) is 0 Å². The van der Waals surface area contributed by atoms with Gasteiger partial charge in [-0.2, -0.15) is 0 Å². The average Bonchev–Trinajstić information content (AvgIpc) is 2.80. The lowest BCUT2D eigenvalue weighted by atomic mass is 10.2. The molecule has 0 aliphatic carbocycles. The summed E-state index contributed by atoms with van der Waals surface area (Å²) in [6.07, 6.45) is 4.73. The van der Waals surface area contributed by atoms with Crippen molar-refractivity contribution < 1.29 is 4.92 Å². The van der Waals surface area contributed by atoms with Gasteiger partial charge in [-0.25, -0.2) is 9.97 Å². The lowest BCUT2D eigenvalue weighted by Crippen LogP contribution is -2.03. The summed E-state index contributed by atoms with van der Waals surface area (Å²) in [4.78, 5) is 21.2. The summed E-state index contributed by atoms with van der Waals surface area (Å²) in [6, 6.07) is 1.42. The number of pyridine rings is 1. The van der Waals surface area contributed by atoms with Crippen molar-refractivity contribution in [2.24, 2.45) is 0 Å². The van der Waals surface area contributed by atoms with E-state index in [9.17, 15) is 10.1 Å². The highest BCUT2D eigenvalue weighted by atomic mass is 16.6. The van der Waals surface area contributed by atoms with Gasteiger partial charge >= 0.3 is 0 Å². The van der Waals surface area contributed by atoms with Crippen LogP contribution in [-0.4, -0.2) is 19.9 Å². The fourth-order valence-corrected chi connectivity index (χ4v) is 1.37. The van der Waals surface area contributed by atoms with Crippen molar-refractivity contribution >= 4 is 11.5 Å². The molecule has 0 amide bonds. The number of aromatic amines is 1. The molecule has 7 nitrogen and oxygen atoms in total. The standard InChI is InChI=1S/C10H11N5O2/c1-7-3-12-10(2-9(7)15(16)17)13-5-8-4-11-6-14-8/h2-4,6H,5H2,1H3,(H,11,14)(H,12,13). The predicted octanol–water partition coefficient (Wildman–Crippen LogP) is 1.63. The van der Waals surface area contributed by atoms with Crippen molar-refractivity contribution in [2.45, 2.75) is 13.5 Å². The van der Waals surface area contributed by atoms with E-state index in [4.69, 9.17) is 0 Å². The van der Waals surface area contributed by atoms with Crippen LogP contribution in [0, 0.1) is 17.0 Å². The van der Waals surface area contributed by atoms with E-state index in [0.29, 0.717) is 17.9 Å². The molecule has 0 aromatic carbocycles. The van der Waals surface area contributed by atoms with Gasteiger partial charge in [-0.3, -0.25) is 10.1 Å². The third-order valence-electron chi connectivity index (χ3n) is 2.29. The monoisotopic (exact) mass is 233 g/mol. The third kappa shape index (κ3) is 2.57. The molecule has 0 atom stereocenters. The highest BCUT2D eigenvalue weighted by Crippen LogP contribution is 2.19. The Morgan fingerprint density at radius 1 is 1.53 bits per heavy atom. The number of hydrogen-bond acceptors (Lipinski definition) is 5. The Labute approximate surface area is 97.1 Å². The van der Waals surface area contributed by atoms with E-state index in [1.54, 1.807) is 19.4 Å². The molecular weight excluding hydrogens is 222 g/mol. The van der Waals surface area contributed by atoms with Crippen LogP contribution in [-0.2, 0) is 6.54 Å². The first-order chi connectivity index (χ1) is 8.16. The molecule has 2 aromatic rings. The van der Waals surface area contributed by atoms with Crippen molar-refractivity contribution in [2.75, 3.05) is 5.32 Å². The second-order valence-electron chi connectivity index (χ2n) is 3.54. The maximum atomic E-state index is 10.7. The van der Waals surface area contributed by atoms with Gasteiger partial charge in [-0.05, 0) is 6.92 Å². The minimum Gasteiger partial charge on any atom is -0.364 e. The summed E-state index contributed by atoms with van der Waals surface area (Å²) in [7, 11) is 0. The number of nitrogens with zero attached hydrogens (tertiary/aromatic N) is 3. The van der Waals surface area contributed by atoms with Crippen LogP contribution in [0.2, 0.25) is 0 Å². The quantitative estimate of drug-likeness (QED) is 0.618. The molecular formula is C10H11N5O2. The minimum atomic E-state index is -0.418. The Bertz CT molecular complexity index is 523. The number of nitrogens with one attached hydrogen (secondary N) is 2. The lowest BCUT2D eigenvalue weighted by Gasteiger charge is -2.04. The van der Waals surface area contributed by atoms with Crippen molar-refractivity contribution in [3.8, 4) is 0 Å². The van der Waals surface area contributed by atoms with Gasteiger partial charge in [0, 0.05) is 18.0 Å². The largest absolute Gasteiger partial charge is 0.364 e. The SMILES string of the molecule is Cc1cnc(NCc2cnc[nH]2)cc1[N+](=O)[O-]. The molecule has 0 radical (unpaired) electrons. The van der Waals surface area contributed by atoms with Crippen molar-refractivity contribution in [3.63, 3.8) is 0 Å². The van der Waals surface area contributed by atoms with Gasteiger partial charge in [0.1, 0.15) is 5.82 Å². The van der Waals surface area contributed by atoms with Gasteiger partial charge < -0.3 is 10.3 Å². The van der Waals surface area contributed by atoms with Crippen LogP contribution in [0.15, 0.2) is 24.8 Å². The summed E-state index contributed by atoms with van der Waals surface area (Å²) in [5.41, 5.74) is 1.49. The topological polar surface area (TPSA) is 96.7 Å². The molecule has 17 heavy (non-hydrogen) atoms. The molecule has 0 unspecified atom stereocenters. The number of anilines is 1. The van der Waals surface area contributed by atoms with Crippen molar-refractivity contribution in [1.82, 2.24) is 15.0 Å². The molecule has 0 saturated carbocycles. The van der Waals surface area contributed by atoms with E-state index in [1.165, 1.54) is 12.3 Å². The molecule has 0 aliphatic rings. The van der Waals surface area contributed by atoms with Crippen LogP contribution in [0.25, 0.3) is 0 Å². The maximum absolute atomic E-state index is 10.7. The van der Waals surface area contributed by atoms with Gasteiger partial charge in [0.15, 0.2) is 0 Å². The molecule has 88 valence electrons. The summed E-state index contributed by atoms with van der Waals surface area (Å²) in [5, 5.41) is 13.7.